The average Bonchev–Trinajstić information content (AvgIpc) is 3.12. The van der Waals surface area contributed by atoms with E-state index < -0.39 is 60.0 Å². The predicted octanol–water partition coefficient (Wildman–Crippen LogP) is 3.23. The SMILES string of the molecule is CNC(=O)[C@H](CC(C)C)NC(=O)[C@H](CC(C)C)NC(=O)[C@H](Cc1ccc(B2OC(C)(C)C(C)(C)O2)cc1)NC(=O)OC(C)(C)C. The Balaban J connectivity index is 2.28. The monoisotopic (exact) mass is 630 g/mol. The lowest BCUT2D eigenvalue weighted by Crippen LogP contribution is -2.57. The maximum absolute atomic E-state index is 13.7. The molecule has 0 bridgehead atoms. The van der Waals surface area contributed by atoms with Gasteiger partial charge in [-0.2, -0.15) is 0 Å². The Labute approximate surface area is 269 Å². The van der Waals surface area contributed by atoms with Gasteiger partial charge in [-0.25, -0.2) is 4.79 Å². The maximum atomic E-state index is 13.7. The van der Waals surface area contributed by atoms with Crippen molar-refractivity contribution >= 4 is 36.4 Å². The molecule has 4 N–H and O–H groups in total. The molecule has 1 aliphatic heterocycles. The molecule has 11 nitrogen and oxygen atoms in total. The highest BCUT2D eigenvalue weighted by Crippen LogP contribution is 2.36. The second-order valence-electron chi connectivity index (χ2n) is 14.7. The van der Waals surface area contributed by atoms with Crippen LogP contribution in [0.2, 0.25) is 0 Å². The minimum absolute atomic E-state index is 0.0596. The molecule has 1 saturated heterocycles. The van der Waals surface area contributed by atoms with Crippen molar-refractivity contribution in [2.75, 3.05) is 7.05 Å². The van der Waals surface area contributed by atoms with E-state index in [1.807, 2.05) is 79.7 Å². The van der Waals surface area contributed by atoms with Crippen LogP contribution in [0.1, 0.15) is 94.6 Å². The fourth-order valence-corrected chi connectivity index (χ4v) is 4.81. The molecular formula is C33H55BN4O7. The number of carbonyl (C=O) groups excluding carboxylic acids is 4. The number of nitrogens with one attached hydrogen (secondary N) is 4. The second kappa shape index (κ2) is 15.4. The van der Waals surface area contributed by atoms with E-state index in [2.05, 4.69) is 21.3 Å². The van der Waals surface area contributed by atoms with Crippen molar-refractivity contribution in [3.05, 3.63) is 29.8 Å². The third-order valence-corrected chi connectivity index (χ3v) is 7.88. The van der Waals surface area contributed by atoms with Gasteiger partial charge in [-0.3, -0.25) is 14.4 Å². The van der Waals surface area contributed by atoms with E-state index in [1.54, 1.807) is 20.8 Å². The fraction of sp³-hybridized carbons (Fsp3) is 0.697. The lowest BCUT2D eigenvalue weighted by molar-refractivity contribution is -0.133. The second-order valence-corrected chi connectivity index (χ2v) is 14.7. The van der Waals surface area contributed by atoms with Crippen LogP contribution in [0, 0.1) is 11.8 Å². The normalized spacial score (nSPS) is 17.8. The molecule has 0 aromatic heterocycles. The van der Waals surface area contributed by atoms with Crippen molar-refractivity contribution in [3.8, 4) is 0 Å². The Bertz CT molecular complexity index is 1160. The summed E-state index contributed by atoms with van der Waals surface area (Å²) in [6.45, 7) is 21.0. The van der Waals surface area contributed by atoms with Gasteiger partial charge < -0.3 is 35.3 Å². The van der Waals surface area contributed by atoms with Crippen molar-refractivity contribution in [2.24, 2.45) is 11.8 Å². The van der Waals surface area contributed by atoms with Crippen LogP contribution in [-0.2, 0) is 34.9 Å². The summed E-state index contributed by atoms with van der Waals surface area (Å²) in [5.74, 6) is -1.10. The number of alkyl carbamates (subject to hydrolysis) is 1. The molecule has 1 aliphatic rings. The molecular weight excluding hydrogens is 575 g/mol. The molecule has 0 radical (unpaired) electrons. The summed E-state index contributed by atoms with van der Waals surface area (Å²) in [6.07, 6.45) is 0.164. The maximum Gasteiger partial charge on any atom is 0.494 e. The van der Waals surface area contributed by atoms with Gasteiger partial charge in [-0.15, -0.1) is 0 Å². The van der Waals surface area contributed by atoms with E-state index in [4.69, 9.17) is 14.0 Å². The third kappa shape index (κ3) is 11.6. The van der Waals surface area contributed by atoms with Gasteiger partial charge in [0.1, 0.15) is 23.7 Å². The first-order chi connectivity index (χ1) is 20.6. The van der Waals surface area contributed by atoms with E-state index in [1.165, 1.54) is 7.05 Å². The Hall–Kier alpha value is -3.12. The minimum Gasteiger partial charge on any atom is -0.444 e. The summed E-state index contributed by atoms with van der Waals surface area (Å²) in [4.78, 5) is 52.4. The van der Waals surface area contributed by atoms with Gasteiger partial charge in [-0.1, -0.05) is 52.0 Å². The topological polar surface area (TPSA) is 144 Å². The smallest absolute Gasteiger partial charge is 0.444 e. The van der Waals surface area contributed by atoms with Crippen LogP contribution in [0.25, 0.3) is 0 Å². The van der Waals surface area contributed by atoms with Gasteiger partial charge in [0.05, 0.1) is 11.2 Å². The molecule has 45 heavy (non-hydrogen) atoms. The summed E-state index contributed by atoms with van der Waals surface area (Å²) in [7, 11) is 0.983. The summed E-state index contributed by atoms with van der Waals surface area (Å²) in [5.41, 5.74) is -0.136. The lowest BCUT2D eigenvalue weighted by atomic mass is 9.78. The largest absolute Gasteiger partial charge is 0.494 e. The van der Waals surface area contributed by atoms with Crippen molar-refractivity contribution in [3.63, 3.8) is 0 Å². The molecule has 0 saturated carbocycles. The first-order valence-electron chi connectivity index (χ1n) is 15.9. The number of likely N-dealkylation sites (N-methyl/N-ethyl adjacent to an activating group) is 1. The molecule has 0 unspecified atom stereocenters. The summed E-state index contributed by atoms with van der Waals surface area (Å²) in [5, 5.41) is 10.9. The van der Waals surface area contributed by atoms with E-state index in [0.29, 0.717) is 12.8 Å². The first kappa shape index (κ1) is 38.1. The van der Waals surface area contributed by atoms with E-state index in [-0.39, 0.29) is 24.2 Å². The zero-order valence-electron chi connectivity index (χ0n) is 29.3. The number of ether oxygens (including phenoxy) is 1. The molecule has 1 fully saturated rings. The standard InChI is InChI=1S/C33H55BN4O7/c1-20(2)17-24(27(39)35-12)36-28(40)25(18-21(3)4)37-29(41)26(38-30(42)43-31(5,6)7)19-22-13-15-23(16-14-22)34-44-32(8,9)33(10,11)45-34/h13-16,20-21,24-26H,17-19H2,1-12H3,(H,35,39)(H,36,40)(H,37,41)(H,38,42)/t24-,25-,26-/m0/s1. The Morgan fingerprint density at radius 3 is 1.62 bits per heavy atom. The van der Waals surface area contributed by atoms with Gasteiger partial charge in [0.25, 0.3) is 0 Å². The fourth-order valence-electron chi connectivity index (χ4n) is 4.81. The van der Waals surface area contributed by atoms with E-state index in [0.717, 1.165) is 11.0 Å². The molecule has 1 heterocycles. The molecule has 2 rings (SSSR count). The number of benzene rings is 1. The number of carbonyl (C=O) groups is 4. The third-order valence-electron chi connectivity index (χ3n) is 7.88. The van der Waals surface area contributed by atoms with E-state index in [9.17, 15) is 19.2 Å². The number of amides is 4. The molecule has 4 amide bonds. The van der Waals surface area contributed by atoms with Crippen molar-refractivity contribution in [1.82, 2.24) is 21.3 Å². The quantitative estimate of drug-likeness (QED) is 0.245. The zero-order chi connectivity index (χ0) is 34.3. The summed E-state index contributed by atoms with van der Waals surface area (Å²) >= 11 is 0. The lowest BCUT2D eigenvalue weighted by Gasteiger charge is -2.32. The van der Waals surface area contributed by atoms with Crippen LogP contribution in [0.3, 0.4) is 0 Å². The molecule has 3 atom stereocenters. The van der Waals surface area contributed by atoms with Crippen LogP contribution in [0.5, 0.6) is 0 Å². The zero-order valence-corrected chi connectivity index (χ0v) is 29.3. The molecule has 0 aliphatic carbocycles. The molecule has 252 valence electrons. The molecule has 1 aromatic rings. The number of rotatable bonds is 13. The Kier molecular flexibility index (Phi) is 13.1. The predicted molar refractivity (Wildman–Crippen MR) is 176 cm³/mol. The molecule has 0 spiro atoms. The van der Waals surface area contributed by atoms with Gasteiger partial charge >= 0.3 is 13.2 Å². The molecule has 12 heteroatoms. The highest BCUT2D eigenvalue weighted by atomic mass is 16.7. The average molecular weight is 631 g/mol. The Morgan fingerprint density at radius 2 is 1.20 bits per heavy atom. The molecule has 1 aromatic carbocycles. The van der Waals surface area contributed by atoms with Crippen LogP contribution in [-0.4, -0.2) is 72.9 Å². The van der Waals surface area contributed by atoms with Crippen LogP contribution in [0.15, 0.2) is 24.3 Å². The van der Waals surface area contributed by atoms with Crippen LogP contribution >= 0.6 is 0 Å². The van der Waals surface area contributed by atoms with Gasteiger partial charge in [0.15, 0.2) is 0 Å². The van der Waals surface area contributed by atoms with Crippen molar-refractivity contribution in [1.29, 1.82) is 0 Å². The highest BCUT2D eigenvalue weighted by molar-refractivity contribution is 6.62. The van der Waals surface area contributed by atoms with Gasteiger partial charge in [0.2, 0.25) is 17.7 Å². The summed E-state index contributed by atoms with van der Waals surface area (Å²) < 4.78 is 17.7. The van der Waals surface area contributed by atoms with Crippen LogP contribution < -0.4 is 26.7 Å². The van der Waals surface area contributed by atoms with E-state index >= 15 is 0 Å². The number of hydrogen-bond acceptors (Lipinski definition) is 7. The summed E-state index contributed by atoms with van der Waals surface area (Å²) in [6, 6.07) is 4.75. The van der Waals surface area contributed by atoms with Gasteiger partial charge in [0, 0.05) is 13.5 Å². The van der Waals surface area contributed by atoms with Crippen molar-refractivity contribution in [2.45, 2.75) is 130 Å². The van der Waals surface area contributed by atoms with Crippen molar-refractivity contribution < 1.29 is 33.2 Å². The van der Waals surface area contributed by atoms with Crippen LogP contribution in [0.4, 0.5) is 4.79 Å². The first-order valence-corrected chi connectivity index (χ1v) is 15.9. The minimum atomic E-state index is -1.05. The Morgan fingerprint density at radius 1 is 0.756 bits per heavy atom. The number of hydrogen-bond donors (Lipinski definition) is 4. The highest BCUT2D eigenvalue weighted by Gasteiger charge is 2.51. The van der Waals surface area contributed by atoms with Gasteiger partial charge in [-0.05, 0) is 84.2 Å².